The SMILES string of the molecule is CN=C(NCc1cn2ccsc2n1)N1CCN(c2ccc(OC)cc2)CC1.I. The molecule has 4 rings (SSSR count). The fourth-order valence-electron chi connectivity index (χ4n) is 3.33. The van der Waals surface area contributed by atoms with E-state index in [1.807, 2.05) is 30.8 Å². The van der Waals surface area contributed by atoms with E-state index in [2.05, 4.69) is 47.8 Å². The Bertz CT molecular complexity index is 886. The molecule has 0 amide bonds. The molecule has 0 unspecified atom stereocenters. The maximum Gasteiger partial charge on any atom is 0.194 e. The van der Waals surface area contributed by atoms with E-state index in [1.165, 1.54) is 5.69 Å². The summed E-state index contributed by atoms with van der Waals surface area (Å²) in [5.41, 5.74) is 2.26. The summed E-state index contributed by atoms with van der Waals surface area (Å²) >= 11 is 1.65. The van der Waals surface area contributed by atoms with Gasteiger partial charge in [0.1, 0.15) is 5.75 Å². The zero-order chi connectivity index (χ0) is 18.6. The molecule has 0 saturated carbocycles. The van der Waals surface area contributed by atoms with Gasteiger partial charge < -0.3 is 19.9 Å². The van der Waals surface area contributed by atoms with Crippen LogP contribution in [0.25, 0.3) is 4.96 Å². The Labute approximate surface area is 186 Å². The molecule has 1 fully saturated rings. The van der Waals surface area contributed by atoms with Gasteiger partial charge in [0.15, 0.2) is 10.9 Å². The number of piperazine rings is 1. The molecule has 0 radical (unpaired) electrons. The number of aliphatic imine (C=N–C) groups is 1. The molecule has 3 heterocycles. The van der Waals surface area contributed by atoms with Gasteiger partial charge in [-0.05, 0) is 24.3 Å². The molecule has 2 aromatic heterocycles. The second-order valence-corrected chi connectivity index (χ2v) is 7.27. The van der Waals surface area contributed by atoms with Crippen LogP contribution in [0.1, 0.15) is 5.69 Å². The van der Waals surface area contributed by atoms with E-state index in [0.717, 1.165) is 48.5 Å². The van der Waals surface area contributed by atoms with Gasteiger partial charge in [0.25, 0.3) is 0 Å². The van der Waals surface area contributed by atoms with E-state index in [-0.39, 0.29) is 24.0 Å². The third-order valence-electron chi connectivity index (χ3n) is 4.80. The normalized spacial score (nSPS) is 14.9. The van der Waals surface area contributed by atoms with Crippen molar-refractivity contribution in [2.75, 3.05) is 45.2 Å². The maximum atomic E-state index is 5.24. The summed E-state index contributed by atoms with van der Waals surface area (Å²) in [5, 5.41) is 5.49. The molecule has 1 saturated heterocycles. The summed E-state index contributed by atoms with van der Waals surface area (Å²) in [6.45, 7) is 4.48. The van der Waals surface area contributed by atoms with Crippen molar-refractivity contribution in [3.8, 4) is 5.75 Å². The van der Waals surface area contributed by atoms with Crippen molar-refractivity contribution >= 4 is 51.9 Å². The van der Waals surface area contributed by atoms with Crippen LogP contribution in [0.3, 0.4) is 0 Å². The third-order valence-corrected chi connectivity index (χ3v) is 5.57. The lowest BCUT2D eigenvalue weighted by Gasteiger charge is -2.37. The number of aromatic nitrogens is 2. The van der Waals surface area contributed by atoms with Crippen LogP contribution in [0.2, 0.25) is 0 Å². The van der Waals surface area contributed by atoms with Crippen LogP contribution in [0, 0.1) is 0 Å². The molecule has 0 spiro atoms. The predicted molar refractivity (Wildman–Crippen MR) is 125 cm³/mol. The first kappa shape index (κ1) is 20.7. The number of hydrogen-bond donors (Lipinski definition) is 1. The lowest BCUT2D eigenvalue weighted by molar-refractivity contribution is 0.372. The number of fused-ring (bicyclic) bond motifs is 1. The average Bonchev–Trinajstić information content (AvgIpc) is 3.31. The first-order valence-electron chi connectivity index (χ1n) is 9.02. The van der Waals surface area contributed by atoms with Gasteiger partial charge in [-0.3, -0.25) is 9.39 Å². The van der Waals surface area contributed by atoms with Crippen molar-refractivity contribution in [1.29, 1.82) is 0 Å². The topological polar surface area (TPSA) is 57.4 Å². The fourth-order valence-corrected chi connectivity index (χ4v) is 4.05. The molecule has 3 aromatic rings. The van der Waals surface area contributed by atoms with Crippen LogP contribution in [0.5, 0.6) is 5.75 Å². The molecular formula is C19H25IN6OS. The second kappa shape index (κ2) is 9.46. The summed E-state index contributed by atoms with van der Waals surface area (Å²) in [7, 11) is 3.53. The largest absolute Gasteiger partial charge is 0.497 e. The molecule has 0 atom stereocenters. The highest BCUT2D eigenvalue weighted by atomic mass is 127. The Kier molecular flexibility index (Phi) is 7.00. The Hall–Kier alpha value is -2.01. The number of benzene rings is 1. The number of halogens is 1. The molecule has 1 aliphatic heterocycles. The van der Waals surface area contributed by atoms with Crippen molar-refractivity contribution in [2.24, 2.45) is 4.99 Å². The highest BCUT2D eigenvalue weighted by Crippen LogP contribution is 2.20. The number of hydrogen-bond acceptors (Lipinski definition) is 5. The monoisotopic (exact) mass is 512 g/mol. The van der Waals surface area contributed by atoms with Crippen LogP contribution < -0.4 is 15.0 Å². The summed E-state index contributed by atoms with van der Waals surface area (Å²) < 4.78 is 7.29. The Balaban J connectivity index is 0.00000225. The minimum Gasteiger partial charge on any atom is -0.497 e. The van der Waals surface area contributed by atoms with Crippen molar-refractivity contribution in [3.63, 3.8) is 0 Å². The molecule has 1 N–H and O–H groups in total. The van der Waals surface area contributed by atoms with Gasteiger partial charge in [-0.2, -0.15) is 0 Å². The third kappa shape index (κ3) is 4.52. The summed E-state index contributed by atoms with van der Waals surface area (Å²) in [6.07, 6.45) is 4.09. The van der Waals surface area contributed by atoms with Gasteiger partial charge in [-0.25, -0.2) is 4.98 Å². The molecular weight excluding hydrogens is 487 g/mol. The molecule has 9 heteroatoms. The molecule has 1 aromatic carbocycles. The number of guanidine groups is 1. The number of thiazole rings is 1. The van der Waals surface area contributed by atoms with Gasteiger partial charge in [-0.1, -0.05) is 0 Å². The number of methoxy groups -OCH3 is 1. The van der Waals surface area contributed by atoms with Crippen molar-refractivity contribution in [1.82, 2.24) is 19.6 Å². The first-order valence-corrected chi connectivity index (χ1v) is 9.90. The smallest absolute Gasteiger partial charge is 0.194 e. The standard InChI is InChI=1S/C19H24N6OS.HI/c1-20-18(21-13-15-14-25-11-12-27-19(25)22-15)24-9-7-23(8-10-24)16-3-5-17(26-2)6-4-16;/h3-6,11-12,14H,7-10,13H2,1-2H3,(H,20,21);1H. The minimum absolute atomic E-state index is 0. The number of imidazole rings is 1. The number of anilines is 1. The zero-order valence-electron chi connectivity index (χ0n) is 16.0. The van der Waals surface area contributed by atoms with Gasteiger partial charge in [-0.15, -0.1) is 35.3 Å². The van der Waals surface area contributed by atoms with Gasteiger partial charge in [0.2, 0.25) is 0 Å². The van der Waals surface area contributed by atoms with Crippen LogP contribution in [0.4, 0.5) is 5.69 Å². The Morgan fingerprint density at radius 3 is 2.61 bits per heavy atom. The maximum absolute atomic E-state index is 5.24. The van der Waals surface area contributed by atoms with Gasteiger partial charge >= 0.3 is 0 Å². The van der Waals surface area contributed by atoms with Crippen LogP contribution >= 0.6 is 35.3 Å². The molecule has 0 aliphatic carbocycles. The van der Waals surface area contributed by atoms with E-state index in [0.29, 0.717) is 6.54 Å². The quantitative estimate of drug-likeness (QED) is 0.331. The fraction of sp³-hybridized carbons (Fsp3) is 0.368. The number of rotatable bonds is 4. The number of nitrogens with zero attached hydrogens (tertiary/aromatic N) is 5. The summed E-state index contributed by atoms with van der Waals surface area (Å²) in [6, 6.07) is 8.26. The van der Waals surface area contributed by atoms with Crippen molar-refractivity contribution < 1.29 is 4.74 Å². The van der Waals surface area contributed by atoms with Crippen molar-refractivity contribution in [2.45, 2.75) is 6.54 Å². The van der Waals surface area contributed by atoms with Crippen LogP contribution in [-0.2, 0) is 6.54 Å². The van der Waals surface area contributed by atoms with Crippen LogP contribution in [0.15, 0.2) is 47.0 Å². The molecule has 1 aliphatic rings. The predicted octanol–water partition coefficient (Wildman–Crippen LogP) is 2.92. The van der Waals surface area contributed by atoms with E-state index in [4.69, 9.17) is 4.74 Å². The second-order valence-electron chi connectivity index (χ2n) is 6.40. The molecule has 28 heavy (non-hydrogen) atoms. The minimum atomic E-state index is 0. The van der Waals surface area contributed by atoms with E-state index in [9.17, 15) is 0 Å². The van der Waals surface area contributed by atoms with E-state index >= 15 is 0 Å². The molecule has 150 valence electrons. The highest BCUT2D eigenvalue weighted by Gasteiger charge is 2.20. The number of ether oxygens (including phenoxy) is 1. The van der Waals surface area contributed by atoms with E-state index in [1.54, 1.807) is 18.4 Å². The van der Waals surface area contributed by atoms with Crippen molar-refractivity contribution in [3.05, 3.63) is 47.7 Å². The summed E-state index contributed by atoms with van der Waals surface area (Å²) in [4.78, 5) is 14.8. The average molecular weight is 512 g/mol. The molecule has 7 nitrogen and oxygen atoms in total. The first-order chi connectivity index (χ1) is 13.3. The van der Waals surface area contributed by atoms with Gasteiger partial charge in [0, 0.05) is 56.7 Å². The lowest BCUT2D eigenvalue weighted by Crippen LogP contribution is -2.52. The Morgan fingerprint density at radius 1 is 1.21 bits per heavy atom. The van der Waals surface area contributed by atoms with E-state index < -0.39 is 0 Å². The Morgan fingerprint density at radius 2 is 1.96 bits per heavy atom. The lowest BCUT2D eigenvalue weighted by atomic mass is 10.2. The highest BCUT2D eigenvalue weighted by molar-refractivity contribution is 14.0. The molecule has 0 bridgehead atoms. The number of nitrogens with one attached hydrogen (secondary N) is 1. The summed E-state index contributed by atoms with van der Waals surface area (Å²) in [5.74, 6) is 1.82. The van der Waals surface area contributed by atoms with Gasteiger partial charge in [0.05, 0.1) is 19.3 Å². The van der Waals surface area contributed by atoms with Crippen LogP contribution in [-0.4, -0.2) is 60.6 Å². The zero-order valence-corrected chi connectivity index (χ0v) is 19.2.